The van der Waals surface area contributed by atoms with Crippen molar-refractivity contribution in [2.45, 2.75) is 10.9 Å². The van der Waals surface area contributed by atoms with Crippen LogP contribution in [0.3, 0.4) is 0 Å². The topological polar surface area (TPSA) is 26.0 Å². The molecule has 1 atom stereocenters. The third-order valence-corrected chi connectivity index (χ3v) is 4.48. The SMILES string of the molecule is NC(CSc1ccc(Cl)cc1)c1cc(Br)ccc1F. The first kappa shape index (κ1) is 14.9. The normalized spacial score (nSPS) is 12.4. The van der Waals surface area contributed by atoms with Gasteiger partial charge in [-0.25, -0.2) is 4.39 Å². The van der Waals surface area contributed by atoms with E-state index < -0.39 is 0 Å². The molecule has 2 aromatic rings. The van der Waals surface area contributed by atoms with Gasteiger partial charge in [0.25, 0.3) is 0 Å². The summed E-state index contributed by atoms with van der Waals surface area (Å²) in [6, 6.07) is 12.0. The van der Waals surface area contributed by atoms with Crippen molar-refractivity contribution >= 4 is 39.3 Å². The highest BCUT2D eigenvalue weighted by Crippen LogP contribution is 2.27. The van der Waals surface area contributed by atoms with Gasteiger partial charge in [-0.3, -0.25) is 0 Å². The molecule has 0 saturated carbocycles. The molecule has 0 amide bonds. The Balaban J connectivity index is 2.03. The Morgan fingerprint density at radius 3 is 2.58 bits per heavy atom. The quantitative estimate of drug-likeness (QED) is 0.774. The summed E-state index contributed by atoms with van der Waals surface area (Å²) in [5, 5.41) is 0.701. The zero-order chi connectivity index (χ0) is 13.8. The number of hydrogen-bond acceptors (Lipinski definition) is 2. The van der Waals surface area contributed by atoms with E-state index in [1.165, 1.54) is 6.07 Å². The van der Waals surface area contributed by atoms with Crippen LogP contribution in [0, 0.1) is 5.82 Å². The van der Waals surface area contributed by atoms with Gasteiger partial charge in [0.05, 0.1) is 0 Å². The minimum absolute atomic E-state index is 0.271. The highest BCUT2D eigenvalue weighted by Gasteiger charge is 2.12. The van der Waals surface area contributed by atoms with E-state index in [4.69, 9.17) is 17.3 Å². The van der Waals surface area contributed by atoms with Crippen LogP contribution in [-0.2, 0) is 0 Å². The van der Waals surface area contributed by atoms with Gasteiger partial charge in [0.15, 0.2) is 0 Å². The molecule has 0 fully saturated rings. The van der Waals surface area contributed by atoms with Gasteiger partial charge in [-0.1, -0.05) is 27.5 Å². The maximum atomic E-state index is 13.7. The van der Waals surface area contributed by atoms with Gasteiger partial charge in [0.1, 0.15) is 5.82 Å². The van der Waals surface area contributed by atoms with Crippen LogP contribution < -0.4 is 5.73 Å². The second-order valence-electron chi connectivity index (χ2n) is 4.04. The van der Waals surface area contributed by atoms with Crippen LogP contribution in [0.1, 0.15) is 11.6 Å². The summed E-state index contributed by atoms with van der Waals surface area (Å²) in [6.45, 7) is 0. The van der Waals surface area contributed by atoms with E-state index in [1.54, 1.807) is 23.9 Å². The second-order valence-corrected chi connectivity index (χ2v) is 6.48. The number of thioether (sulfide) groups is 1. The third kappa shape index (κ3) is 4.21. The summed E-state index contributed by atoms with van der Waals surface area (Å²) in [6.07, 6.45) is 0. The second kappa shape index (κ2) is 6.75. The average molecular weight is 361 g/mol. The smallest absolute Gasteiger partial charge is 0.128 e. The van der Waals surface area contributed by atoms with Crippen LogP contribution >= 0.6 is 39.3 Å². The van der Waals surface area contributed by atoms with Gasteiger partial charge in [-0.05, 0) is 42.5 Å². The van der Waals surface area contributed by atoms with Crippen LogP contribution in [0.15, 0.2) is 51.8 Å². The molecule has 1 unspecified atom stereocenters. The molecule has 0 bridgehead atoms. The van der Waals surface area contributed by atoms with Crippen molar-refractivity contribution in [3.63, 3.8) is 0 Å². The van der Waals surface area contributed by atoms with E-state index in [1.807, 2.05) is 24.3 Å². The first-order valence-electron chi connectivity index (χ1n) is 5.65. The lowest BCUT2D eigenvalue weighted by atomic mass is 10.1. The number of nitrogens with two attached hydrogens (primary N) is 1. The van der Waals surface area contributed by atoms with Crippen molar-refractivity contribution in [1.82, 2.24) is 0 Å². The summed E-state index contributed by atoms with van der Waals surface area (Å²) < 4.78 is 14.5. The molecule has 2 N–H and O–H groups in total. The molecule has 0 aromatic heterocycles. The summed E-state index contributed by atoms with van der Waals surface area (Å²) in [4.78, 5) is 1.07. The van der Waals surface area contributed by atoms with E-state index in [-0.39, 0.29) is 11.9 Å². The Kier molecular flexibility index (Phi) is 5.28. The van der Waals surface area contributed by atoms with Crippen molar-refractivity contribution < 1.29 is 4.39 Å². The summed E-state index contributed by atoms with van der Waals surface area (Å²) in [5.74, 6) is 0.335. The Morgan fingerprint density at radius 2 is 1.89 bits per heavy atom. The van der Waals surface area contributed by atoms with Gasteiger partial charge in [0.2, 0.25) is 0 Å². The molecule has 0 aliphatic heterocycles. The summed E-state index contributed by atoms with van der Waals surface area (Å²) >= 11 is 10.7. The molecule has 0 spiro atoms. The molecule has 0 aliphatic rings. The molecule has 0 radical (unpaired) electrons. The fraction of sp³-hybridized carbons (Fsp3) is 0.143. The highest BCUT2D eigenvalue weighted by atomic mass is 79.9. The van der Waals surface area contributed by atoms with E-state index in [0.717, 1.165) is 9.37 Å². The minimum Gasteiger partial charge on any atom is -0.323 e. The van der Waals surface area contributed by atoms with Crippen molar-refractivity contribution in [3.8, 4) is 0 Å². The lowest BCUT2D eigenvalue weighted by molar-refractivity contribution is 0.595. The molecule has 2 rings (SSSR count). The first-order valence-corrected chi connectivity index (χ1v) is 7.81. The Hall–Kier alpha value is -0.550. The van der Waals surface area contributed by atoms with Gasteiger partial charge in [-0.15, -0.1) is 11.8 Å². The fourth-order valence-corrected chi connectivity index (χ4v) is 2.99. The number of hydrogen-bond donors (Lipinski definition) is 1. The molecular formula is C14H12BrClFNS. The van der Waals surface area contributed by atoms with Crippen molar-refractivity contribution in [2.75, 3.05) is 5.75 Å². The highest BCUT2D eigenvalue weighted by molar-refractivity contribution is 9.10. The molecule has 0 aliphatic carbocycles. The number of benzene rings is 2. The van der Waals surface area contributed by atoms with Crippen LogP contribution in [-0.4, -0.2) is 5.75 Å². The summed E-state index contributed by atoms with van der Waals surface area (Å²) in [5.41, 5.74) is 6.56. The maximum Gasteiger partial charge on any atom is 0.128 e. The maximum absolute atomic E-state index is 13.7. The zero-order valence-corrected chi connectivity index (χ0v) is 13.1. The third-order valence-electron chi connectivity index (χ3n) is 2.60. The molecule has 100 valence electrons. The van der Waals surface area contributed by atoms with Crippen LogP contribution in [0.4, 0.5) is 4.39 Å². The van der Waals surface area contributed by atoms with E-state index in [0.29, 0.717) is 16.3 Å². The van der Waals surface area contributed by atoms with Crippen LogP contribution in [0.5, 0.6) is 0 Å². The lowest BCUT2D eigenvalue weighted by Gasteiger charge is -2.13. The number of rotatable bonds is 4. The van der Waals surface area contributed by atoms with E-state index in [9.17, 15) is 4.39 Å². The molecule has 5 heteroatoms. The minimum atomic E-state index is -0.349. The van der Waals surface area contributed by atoms with Crippen LogP contribution in [0.25, 0.3) is 0 Å². The van der Waals surface area contributed by atoms with Crippen molar-refractivity contribution in [1.29, 1.82) is 0 Å². The Bertz CT molecular complexity index is 562. The van der Waals surface area contributed by atoms with E-state index in [2.05, 4.69) is 15.9 Å². The summed E-state index contributed by atoms with van der Waals surface area (Å²) in [7, 11) is 0. The Morgan fingerprint density at radius 1 is 1.21 bits per heavy atom. The molecule has 0 saturated heterocycles. The lowest BCUT2D eigenvalue weighted by Crippen LogP contribution is -2.14. The first-order chi connectivity index (χ1) is 9.06. The van der Waals surface area contributed by atoms with Gasteiger partial charge >= 0.3 is 0 Å². The molecule has 0 heterocycles. The largest absolute Gasteiger partial charge is 0.323 e. The average Bonchev–Trinajstić information content (AvgIpc) is 2.40. The fourth-order valence-electron chi connectivity index (χ4n) is 1.61. The molecule has 2 aromatic carbocycles. The van der Waals surface area contributed by atoms with Gasteiger partial charge in [-0.2, -0.15) is 0 Å². The Labute approximate surface area is 129 Å². The molecule has 1 nitrogen and oxygen atoms in total. The monoisotopic (exact) mass is 359 g/mol. The van der Waals surface area contributed by atoms with Crippen molar-refractivity contribution in [2.24, 2.45) is 5.73 Å². The van der Waals surface area contributed by atoms with E-state index >= 15 is 0 Å². The molecular weight excluding hydrogens is 349 g/mol. The standard InChI is InChI=1S/C14H12BrClFNS/c15-9-1-6-13(17)12(7-9)14(18)8-19-11-4-2-10(16)3-5-11/h1-7,14H,8,18H2. The van der Waals surface area contributed by atoms with Crippen molar-refractivity contribution in [3.05, 3.63) is 63.3 Å². The predicted molar refractivity (Wildman–Crippen MR) is 83.2 cm³/mol. The zero-order valence-electron chi connectivity index (χ0n) is 9.95. The van der Waals surface area contributed by atoms with Crippen LogP contribution in [0.2, 0.25) is 5.02 Å². The van der Waals surface area contributed by atoms with Gasteiger partial charge in [0, 0.05) is 31.7 Å². The predicted octanol–water partition coefficient (Wildman–Crippen LogP) is 5.03. The van der Waals surface area contributed by atoms with Gasteiger partial charge < -0.3 is 5.73 Å². The molecule has 19 heavy (non-hydrogen) atoms. The number of halogens is 3.